The Bertz CT molecular complexity index is 501. The summed E-state index contributed by atoms with van der Waals surface area (Å²) in [6.45, 7) is 6.39. The molecule has 1 aromatic carbocycles. The zero-order valence-corrected chi connectivity index (χ0v) is 14.6. The molecule has 0 spiro atoms. The fraction of sp³-hybridized carbons (Fsp3) is 0.533. The summed E-state index contributed by atoms with van der Waals surface area (Å²) in [6.07, 6.45) is 0.635. The molecule has 2 atom stereocenters. The van der Waals surface area contributed by atoms with Gasteiger partial charge in [0.2, 0.25) is 5.91 Å². The van der Waals surface area contributed by atoms with Gasteiger partial charge in [-0.15, -0.1) is 12.4 Å². The van der Waals surface area contributed by atoms with Gasteiger partial charge in [-0.3, -0.25) is 4.79 Å². The molecule has 1 aliphatic heterocycles. The highest BCUT2D eigenvalue weighted by molar-refractivity contribution is 9.10. The quantitative estimate of drug-likeness (QED) is 0.875. The number of piperazine rings is 1. The topological polar surface area (TPSA) is 32.3 Å². The van der Waals surface area contributed by atoms with E-state index in [1.165, 1.54) is 6.07 Å². The lowest BCUT2D eigenvalue weighted by atomic mass is 9.99. The van der Waals surface area contributed by atoms with Gasteiger partial charge >= 0.3 is 0 Å². The zero-order chi connectivity index (χ0) is 14.7. The molecule has 1 heterocycles. The van der Waals surface area contributed by atoms with Gasteiger partial charge in [0.05, 0.1) is 4.47 Å². The largest absolute Gasteiger partial charge is 0.340 e. The summed E-state index contributed by atoms with van der Waals surface area (Å²) in [6, 6.07) is 5.27. The van der Waals surface area contributed by atoms with E-state index in [1.54, 1.807) is 12.1 Å². The normalized spacial score (nSPS) is 19.8. The number of nitrogens with one attached hydrogen (secondary N) is 1. The minimum absolute atomic E-state index is 0. The van der Waals surface area contributed by atoms with Crippen molar-refractivity contribution in [1.82, 2.24) is 10.2 Å². The Morgan fingerprint density at radius 2 is 2.29 bits per heavy atom. The molecule has 1 unspecified atom stereocenters. The molecule has 0 bridgehead atoms. The van der Waals surface area contributed by atoms with E-state index < -0.39 is 0 Å². The summed E-state index contributed by atoms with van der Waals surface area (Å²) in [7, 11) is 0. The minimum atomic E-state index is -0.274. The summed E-state index contributed by atoms with van der Waals surface area (Å²) in [5, 5.41) is 3.33. The average molecular weight is 380 g/mol. The SMILES string of the molecule is CC(Cc1ccc(F)c(Br)c1)C(=O)N1CCN[C@H](C)C1.Cl. The zero-order valence-electron chi connectivity index (χ0n) is 12.2. The van der Waals surface area contributed by atoms with Crippen molar-refractivity contribution in [3.63, 3.8) is 0 Å². The predicted octanol–water partition coefficient (Wildman–Crippen LogP) is 3.01. The van der Waals surface area contributed by atoms with Crippen molar-refractivity contribution in [3.05, 3.63) is 34.1 Å². The lowest BCUT2D eigenvalue weighted by molar-refractivity contribution is -0.136. The van der Waals surface area contributed by atoms with Crippen molar-refractivity contribution in [3.8, 4) is 0 Å². The molecular weight excluding hydrogens is 359 g/mol. The lowest BCUT2D eigenvalue weighted by Crippen LogP contribution is -2.52. The maximum Gasteiger partial charge on any atom is 0.225 e. The molecule has 1 aromatic rings. The second-order valence-corrected chi connectivity index (χ2v) is 6.35. The van der Waals surface area contributed by atoms with Crippen LogP contribution in [0.15, 0.2) is 22.7 Å². The third kappa shape index (κ3) is 4.94. The van der Waals surface area contributed by atoms with Crippen LogP contribution in [0.3, 0.4) is 0 Å². The van der Waals surface area contributed by atoms with Crippen LogP contribution in [0.2, 0.25) is 0 Å². The lowest BCUT2D eigenvalue weighted by Gasteiger charge is -2.33. The Morgan fingerprint density at radius 3 is 2.90 bits per heavy atom. The van der Waals surface area contributed by atoms with Gasteiger partial charge in [0.15, 0.2) is 0 Å². The van der Waals surface area contributed by atoms with E-state index in [0.29, 0.717) is 16.9 Å². The van der Waals surface area contributed by atoms with Crippen LogP contribution in [0.4, 0.5) is 4.39 Å². The molecule has 2 rings (SSSR count). The van der Waals surface area contributed by atoms with Gasteiger partial charge in [-0.25, -0.2) is 4.39 Å². The highest BCUT2D eigenvalue weighted by Gasteiger charge is 2.24. The predicted molar refractivity (Wildman–Crippen MR) is 88.3 cm³/mol. The van der Waals surface area contributed by atoms with Gasteiger partial charge in [-0.05, 0) is 47.0 Å². The second kappa shape index (κ2) is 8.11. The maximum atomic E-state index is 13.2. The minimum Gasteiger partial charge on any atom is -0.340 e. The number of halogens is 3. The first-order chi connectivity index (χ1) is 9.47. The van der Waals surface area contributed by atoms with Crippen LogP contribution in [0.5, 0.6) is 0 Å². The number of carbonyl (C=O) groups is 1. The second-order valence-electron chi connectivity index (χ2n) is 5.49. The summed E-state index contributed by atoms with van der Waals surface area (Å²) >= 11 is 3.18. The number of amides is 1. The molecule has 21 heavy (non-hydrogen) atoms. The van der Waals surface area contributed by atoms with Gasteiger partial charge in [0, 0.05) is 31.6 Å². The number of nitrogens with zero attached hydrogens (tertiary/aromatic N) is 1. The van der Waals surface area contributed by atoms with Crippen molar-refractivity contribution < 1.29 is 9.18 Å². The smallest absolute Gasteiger partial charge is 0.225 e. The molecule has 3 nitrogen and oxygen atoms in total. The molecule has 1 N–H and O–H groups in total. The number of rotatable bonds is 3. The third-order valence-electron chi connectivity index (χ3n) is 3.63. The number of benzene rings is 1. The average Bonchev–Trinajstić information content (AvgIpc) is 2.42. The first-order valence-corrected chi connectivity index (χ1v) is 7.72. The monoisotopic (exact) mass is 378 g/mol. The van der Waals surface area contributed by atoms with Gasteiger partial charge in [0.25, 0.3) is 0 Å². The van der Waals surface area contributed by atoms with E-state index in [4.69, 9.17) is 0 Å². The Hall–Kier alpha value is -0.650. The molecule has 0 saturated carbocycles. The van der Waals surface area contributed by atoms with Crippen molar-refractivity contribution in [2.75, 3.05) is 19.6 Å². The van der Waals surface area contributed by atoms with E-state index in [1.807, 2.05) is 11.8 Å². The Labute approximate surface area is 139 Å². The first-order valence-electron chi connectivity index (χ1n) is 6.93. The molecule has 0 radical (unpaired) electrons. The number of carbonyl (C=O) groups excluding carboxylic acids is 1. The number of hydrogen-bond donors (Lipinski definition) is 1. The van der Waals surface area contributed by atoms with Gasteiger partial charge < -0.3 is 10.2 Å². The Balaban J connectivity index is 0.00000220. The van der Waals surface area contributed by atoms with Crippen LogP contribution in [0, 0.1) is 11.7 Å². The Morgan fingerprint density at radius 1 is 1.57 bits per heavy atom. The standard InChI is InChI=1S/C15H20BrFN2O.ClH/c1-10(7-12-3-4-14(17)13(16)8-12)15(20)19-6-5-18-11(2)9-19;/h3-4,8,10-11,18H,5-7,9H2,1-2H3;1H/t10?,11-;/m1./s1. The van der Waals surface area contributed by atoms with Crippen LogP contribution in [0.25, 0.3) is 0 Å². The molecule has 6 heteroatoms. The van der Waals surface area contributed by atoms with Crippen molar-refractivity contribution in [1.29, 1.82) is 0 Å². The molecular formula is C15H21BrClFN2O. The third-order valence-corrected chi connectivity index (χ3v) is 4.24. The maximum absolute atomic E-state index is 13.2. The van der Waals surface area contributed by atoms with Crippen LogP contribution in [-0.2, 0) is 11.2 Å². The summed E-state index contributed by atoms with van der Waals surface area (Å²) in [5.74, 6) is -0.180. The summed E-state index contributed by atoms with van der Waals surface area (Å²) in [5.41, 5.74) is 0.974. The van der Waals surface area contributed by atoms with E-state index in [-0.39, 0.29) is 30.0 Å². The molecule has 1 amide bonds. The highest BCUT2D eigenvalue weighted by Crippen LogP contribution is 2.20. The van der Waals surface area contributed by atoms with E-state index in [2.05, 4.69) is 28.2 Å². The Kier molecular flexibility index (Phi) is 7.10. The molecule has 0 aliphatic carbocycles. The van der Waals surface area contributed by atoms with Crippen LogP contribution >= 0.6 is 28.3 Å². The van der Waals surface area contributed by atoms with E-state index >= 15 is 0 Å². The van der Waals surface area contributed by atoms with Gasteiger partial charge in [-0.2, -0.15) is 0 Å². The first kappa shape index (κ1) is 18.4. The van der Waals surface area contributed by atoms with Gasteiger partial charge in [0.1, 0.15) is 5.82 Å². The van der Waals surface area contributed by atoms with E-state index in [0.717, 1.165) is 25.2 Å². The van der Waals surface area contributed by atoms with Crippen LogP contribution in [-0.4, -0.2) is 36.5 Å². The highest BCUT2D eigenvalue weighted by atomic mass is 79.9. The van der Waals surface area contributed by atoms with Gasteiger partial charge in [-0.1, -0.05) is 13.0 Å². The molecule has 1 aliphatic rings. The molecule has 1 fully saturated rings. The fourth-order valence-electron chi connectivity index (χ4n) is 2.55. The summed E-state index contributed by atoms with van der Waals surface area (Å²) in [4.78, 5) is 14.3. The molecule has 118 valence electrons. The molecule has 0 aromatic heterocycles. The summed E-state index contributed by atoms with van der Waals surface area (Å²) < 4.78 is 13.6. The van der Waals surface area contributed by atoms with Crippen molar-refractivity contribution >= 4 is 34.2 Å². The van der Waals surface area contributed by atoms with Crippen molar-refractivity contribution in [2.45, 2.75) is 26.3 Å². The van der Waals surface area contributed by atoms with E-state index in [9.17, 15) is 9.18 Å². The molecule has 1 saturated heterocycles. The number of hydrogen-bond acceptors (Lipinski definition) is 2. The van der Waals surface area contributed by atoms with Crippen LogP contribution < -0.4 is 5.32 Å². The fourth-order valence-corrected chi connectivity index (χ4v) is 2.98. The van der Waals surface area contributed by atoms with Crippen LogP contribution in [0.1, 0.15) is 19.4 Å². The van der Waals surface area contributed by atoms with Crippen molar-refractivity contribution in [2.24, 2.45) is 5.92 Å².